The molecule has 6 aromatic rings. The first-order valence-electron chi connectivity index (χ1n) is 11.6. The molecule has 0 atom stereocenters. The second-order valence-electron chi connectivity index (χ2n) is 8.86. The van der Waals surface area contributed by atoms with E-state index < -0.39 is 0 Å². The normalized spacial score (nSPS) is 11.3. The summed E-state index contributed by atoms with van der Waals surface area (Å²) in [5, 5.41) is 9.17. The van der Waals surface area contributed by atoms with Crippen LogP contribution in [0.1, 0.15) is 21.6 Å². The second kappa shape index (κ2) is 8.70. The van der Waals surface area contributed by atoms with Gasteiger partial charge in [0, 0.05) is 34.9 Å². The Morgan fingerprint density at radius 3 is 2.50 bits per heavy atom. The van der Waals surface area contributed by atoms with Gasteiger partial charge in [-0.05, 0) is 67.9 Å². The van der Waals surface area contributed by atoms with Crippen LogP contribution in [-0.2, 0) is 7.05 Å². The molecule has 0 spiro atoms. The third-order valence-electron chi connectivity index (χ3n) is 6.41. The molecule has 6 nitrogen and oxygen atoms in total. The third kappa shape index (κ3) is 3.93. The molecule has 0 unspecified atom stereocenters. The summed E-state index contributed by atoms with van der Waals surface area (Å²) in [5.41, 5.74) is 7.94. The molecule has 0 fully saturated rings. The van der Waals surface area contributed by atoms with E-state index in [1.54, 1.807) is 22.2 Å². The number of rotatable bonds is 4. The minimum atomic E-state index is -0.181. The summed E-state index contributed by atoms with van der Waals surface area (Å²) in [4.78, 5) is 23.0. The van der Waals surface area contributed by atoms with Crippen LogP contribution in [0.25, 0.3) is 42.9 Å². The Labute approximate surface area is 212 Å². The molecular formula is C29H23N5OS. The summed E-state index contributed by atoms with van der Waals surface area (Å²) in [7, 11) is 1.90. The van der Waals surface area contributed by atoms with Crippen LogP contribution >= 0.6 is 11.3 Å². The third-order valence-corrected chi connectivity index (χ3v) is 7.47. The highest BCUT2D eigenvalue weighted by Crippen LogP contribution is 2.32. The Morgan fingerprint density at radius 1 is 0.917 bits per heavy atom. The first-order valence-corrected chi connectivity index (χ1v) is 12.5. The maximum atomic E-state index is 13.4. The second-order valence-corrected chi connectivity index (χ2v) is 9.89. The van der Waals surface area contributed by atoms with Gasteiger partial charge in [-0.15, -0.1) is 11.3 Å². The number of nitrogens with zero attached hydrogens (tertiary/aromatic N) is 4. The Bertz CT molecular complexity index is 1760. The molecule has 36 heavy (non-hydrogen) atoms. The molecule has 1 amide bonds. The number of fused-ring (bicyclic) bond motifs is 2. The first kappa shape index (κ1) is 22.1. The van der Waals surface area contributed by atoms with Gasteiger partial charge in [-0.25, -0.2) is 9.97 Å². The van der Waals surface area contributed by atoms with Crippen molar-refractivity contribution in [3.8, 4) is 21.8 Å². The van der Waals surface area contributed by atoms with Crippen LogP contribution in [0.4, 0.5) is 5.69 Å². The fraction of sp³-hybridized carbons (Fsp3) is 0.103. The fourth-order valence-electron chi connectivity index (χ4n) is 4.30. The fourth-order valence-corrected chi connectivity index (χ4v) is 5.37. The number of carbonyl (C=O) groups is 1. The van der Waals surface area contributed by atoms with E-state index in [0.717, 1.165) is 49.6 Å². The first-order chi connectivity index (χ1) is 17.5. The van der Waals surface area contributed by atoms with Crippen molar-refractivity contribution in [2.75, 3.05) is 5.32 Å². The molecule has 0 aliphatic rings. The van der Waals surface area contributed by atoms with Crippen molar-refractivity contribution in [3.63, 3.8) is 0 Å². The average Bonchev–Trinajstić information content (AvgIpc) is 3.46. The van der Waals surface area contributed by atoms with Gasteiger partial charge in [-0.2, -0.15) is 5.10 Å². The molecule has 0 bridgehead atoms. The molecular weight excluding hydrogens is 466 g/mol. The number of benzene rings is 3. The molecule has 3 aromatic carbocycles. The van der Waals surface area contributed by atoms with Crippen LogP contribution in [0.15, 0.2) is 79.0 Å². The van der Waals surface area contributed by atoms with Crippen LogP contribution in [0.5, 0.6) is 0 Å². The molecule has 1 N–H and O–H groups in total. The summed E-state index contributed by atoms with van der Waals surface area (Å²) in [5.74, 6) is -0.181. The van der Waals surface area contributed by atoms with Gasteiger partial charge in [-0.3, -0.25) is 9.48 Å². The van der Waals surface area contributed by atoms with E-state index >= 15 is 0 Å². The number of amides is 1. The Morgan fingerprint density at radius 2 is 1.72 bits per heavy atom. The van der Waals surface area contributed by atoms with Gasteiger partial charge >= 0.3 is 0 Å². The minimum absolute atomic E-state index is 0.181. The number of hydrogen-bond donors (Lipinski definition) is 1. The highest BCUT2D eigenvalue weighted by atomic mass is 32.1. The van der Waals surface area contributed by atoms with Crippen LogP contribution < -0.4 is 5.32 Å². The molecule has 176 valence electrons. The van der Waals surface area contributed by atoms with Gasteiger partial charge in [0.2, 0.25) is 0 Å². The van der Waals surface area contributed by atoms with Crippen molar-refractivity contribution in [1.82, 2.24) is 19.7 Å². The van der Waals surface area contributed by atoms with Crippen molar-refractivity contribution < 1.29 is 4.79 Å². The molecule has 0 aliphatic heterocycles. The van der Waals surface area contributed by atoms with Crippen LogP contribution in [0.2, 0.25) is 0 Å². The molecule has 0 radical (unpaired) electrons. The van der Waals surface area contributed by atoms with E-state index in [1.807, 2.05) is 68.6 Å². The van der Waals surface area contributed by atoms with E-state index in [2.05, 4.69) is 35.5 Å². The van der Waals surface area contributed by atoms with Gasteiger partial charge in [0.15, 0.2) is 0 Å². The lowest BCUT2D eigenvalue weighted by Crippen LogP contribution is -2.13. The highest BCUT2D eigenvalue weighted by Gasteiger charge is 2.17. The summed E-state index contributed by atoms with van der Waals surface area (Å²) in [6.07, 6.45) is 1.79. The maximum Gasteiger partial charge on any atom is 0.256 e. The van der Waals surface area contributed by atoms with Gasteiger partial charge in [-0.1, -0.05) is 24.3 Å². The molecule has 3 aromatic heterocycles. The number of aryl methyl sites for hydroxylation is 2. The van der Waals surface area contributed by atoms with Crippen LogP contribution in [-0.4, -0.2) is 25.7 Å². The van der Waals surface area contributed by atoms with Crippen molar-refractivity contribution in [2.24, 2.45) is 7.05 Å². The molecule has 0 aliphatic carbocycles. The quantitative estimate of drug-likeness (QED) is 0.296. The Kier molecular flexibility index (Phi) is 5.34. The van der Waals surface area contributed by atoms with E-state index in [4.69, 9.17) is 9.97 Å². The Balaban J connectivity index is 1.31. The SMILES string of the molecule is Cc1ccc2nc(-c3ccc(NC(=O)c4cc(-c5cnn(C)c5C)nc5ccccc45)cc3)sc2c1. The number of anilines is 1. The standard InChI is InChI=1S/C29H23N5OS/c1-17-8-13-25-27(14-17)36-29(33-25)19-9-11-20(12-10-19)31-28(35)22-15-26(23-16-30-34(3)18(23)2)32-24-7-5-4-6-21(22)24/h4-16H,1-3H3,(H,31,35). The molecule has 7 heteroatoms. The number of thiazole rings is 1. The van der Waals surface area contributed by atoms with Gasteiger partial charge < -0.3 is 5.32 Å². The number of aromatic nitrogens is 4. The van der Waals surface area contributed by atoms with Gasteiger partial charge in [0.25, 0.3) is 5.91 Å². The smallest absolute Gasteiger partial charge is 0.256 e. The molecule has 0 saturated carbocycles. The van der Waals surface area contributed by atoms with Crippen molar-refractivity contribution in [1.29, 1.82) is 0 Å². The lowest BCUT2D eigenvalue weighted by molar-refractivity contribution is 0.102. The van der Waals surface area contributed by atoms with E-state index in [-0.39, 0.29) is 5.91 Å². The zero-order valence-electron chi connectivity index (χ0n) is 20.1. The summed E-state index contributed by atoms with van der Waals surface area (Å²) < 4.78 is 2.98. The zero-order valence-corrected chi connectivity index (χ0v) is 20.9. The lowest BCUT2D eigenvalue weighted by atomic mass is 10.0. The van der Waals surface area contributed by atoms with E-state index in [1.165, 1.54) is 10.3 Å². The van der Waals surface area contributed by atoms with E-state index in [0.29, 0.717) is 5.56 Å². The maximum absolute atomic E-state index is 13.4. The number of pyridine rings is 1. The van der Waals surface area contributed by atoms with E-state index in [9.17, 15) is 4.79 Å². The highest BCUT2D eigenvalue weighted by molar-refractivity contribution is 7.21. The van der Waals surface area contributed by atoms with Crippen LogP contribution in [0, 0.1) is 13.8 Å². The molecule has 6 rings (SSSR count). The largest absolute Gasteiger partial charge is 0.322 e. The molecule has 3 heterocycles. The summed E-state index contributed by atoms with van der Waals surface area (Å²) in [6, 6.07) is 23.7. The van der Waals surface area contributed by atoms with Crippen molar-refractivity contribution >= 4 is 44.1 Å². The van der Waals surface area contributed by atoms with Crippen LogP contribution in [0.3, 0.4) is 0 Å². The summed E-state index contributed by atoms with van der Waals surface area (Å²) >= 11 is 1.67. The van der Waals surface area contributed by atoms with Gasteiger partial charge in [0.1, 0.15) is 5.01 Å². The molecule has 0 saturated heterocycles. The van der Waals surface area contributed by atoms with Crippen molar-refractivity contribution in [3.05, 3.63) is 95.8 Å². The van der Waals surface area contributed by atoms with Crippen molar-refractivity contribution in [2.45, 2.75) is 13.8 Å². The number of nitrogens with one attached hydrogen (secondary N) is 1. The number of carbonyl (C=O) groups excluding carboxylic acids is 1. The lowest BCUT2D eigenvalue weighted by Gasteiger charge is -2.11. The monoisotopic (exact) mass is 489 g/mol. The topological polar surface area (TPSA) is 72.7 Å². The Hall–Kier alpha value is -4.36. The number of para-hydroxylation sites is 1. The number of hydrogen-bond acceptors (Lipinski definition) is 5. The zero-order chi connectivity index (χ0) is 24.8. The predicted octanol–water partition coefficient (Wildman–Crippen LogP) is 6.78. The van der Waals surface area contributed by atoms with Gasteiger partial charge in [0.05, 0.1) is 33.2 Å². The predicted molar refractivity (Wildman–Crippen MR) is 146 cm³/mol. The average molecular weight is 490 g/mol. The summed E-state index contributed by atoms with van der Waals surface area (Å²) in [6.45, 7) is 4.08. The minimum Gasteiger partial charge on any atom is -0.322 e.